The van der Waals surface area contributed by atoms with Gasteiger partial charge in [0.2, 0.25) is 23.6 Å². The molecular formula is C26H34N2O4. The number of amides is 4. The topological polar surface area (TPSA) is 74.8 Å². The third kappa shape index (κ3) is 2.64. The second-order valence-corrected chi connectivity index (χ2v) is 12.0. The van der Waals surface area contributed by atoms with Crippen molar-refractivity contribution in [1.29, 1.82) is 0 Å². The minimum atomic E-state index is -0.817. The van der Waals surface area contributed by atoms with Crippen LogP contribution in [0.25, 0.3) is 0 Å². The smallest absolute Gasteiger partial charge is 0.234 e. The van der Waals surface area contributed by atoms with E-state index in [0.717, 1.165) is 12.8 Å². The normalized spacial score (nSPS) is 40.7. The molecule has 0 aromatic rings. The SMILES string of the molecule is C=CC1CC(C)C2C(=O)N(C(C)(C)CC(C)(C)N3C(=O)C4C5C=CC(C5)C4C3=O)C(=O)C12. The van der Waals surface area contributed by atoms with Crippen LogP contribution in [0.1, 0.15) is 53.9 Å². The number of nitrogens with zero attached hydrogens (tertiary/aromatic N) is 2. The lowest BCUT2D eigenvalue weighted by molar-refractivity contribution is -0.151. The Labute approximate surface area is 190 Å². The molecule has 0 radical (unpaired) electrons. The predicted molar refractivity (Wildman–Crippen MR) is 119 cm³/mol. The fourth-order valence-corrected chi connectivity index (χ4v) is 8.04. The van der Waals surface area contributed by atoms with Gasteiger partial charge in [0.15, 0.2) is 0 Å². The van der Waals surface area contributed by atoms with E-state index in [0.29, 0.717) is 6.42 Å². The van der Waals surface area contributed by atoms with E-state index in [2.05, 4.69) is 18.7 Å². The van der Waals surface area contributed by atoms with Gasteiger partial charge in [-0.15, -0.1) is 6.58 Å². The van der Waals surface area contributed by atoms with Crippen molar-refractivity contribution in [3.05, 3.63) is 24.8 Å². The molecule has 2 aliphatic heterocycles. The molecule has 8 unspecified atom stereocenters. The molecule has 32 heavy (non-hydrogen) atoms. The van der Waals surface area contributed by atoms with Crippen molar-refractivity contribution in [2.45, 2.75) is 65.0 Å². The summed E-state index contributed by atoms with van der Waals surface area (Å²) in [5.41, 5.74) is -1.62. The van der Waals surface area contributed by atoms with E-state index in [1.165, 1.54) is 9.80 Å². The Morgan fingerprint density at radius 3 is 1.72 bits per heavy atom. The van der Waals surface area contributed by atoms with Crippen molar-refractivity contribution >= 4 is 23.6 Å². The van der Waals surface area contributed by atoms with Crippen molar-refractivity contribution in [1.82, 2.24) is 9.80 Å². The van der Waals surface area contributed by atoms with Crippen molar-refractivity contribution in [3.8, 4) is 0 Å². The summed E-state index contributed by atoms with van der Waals surface area (Å²) < 4.78 is 0. The predicted octanol–water partition coefficient (Wildman–Crippen LogP) is 3.18. The van der Waals surface area contributed by atoms with E-state index in [9.17, 15) is 19.2 Å². The molecule has 5 aliphatic rings. The molecule has 0 spiro atoms. The zero-order valence-electron chi connectivity index (χ0n) is 19.7. The third-order valence-corrected chi connectivity index (χ3v) is 8.97. The first-order chi connectivity index (χ1) is 14.9. The molecule has 8 atom stereocenters. The van der Waals surface area contributed by atoms with Gasteiger partial charge < -0.3 is 0 Å². The van der Waals surface area contributed by atoms with Gasteiger partial charge >= 0.3 is 0 Å². The van der Waals surface area contributed by atoms with Gasteiger partial charge in [-0.1, -0.05) is 25.2 Å². The van der Waals surface area contributed by atoms with Crippen molar-refractivity contribution in [3.63, 3.8) is 0 Å². The quantitative estimate of drug-likeness (QED) is 0.488. The minimum Gasteiger partial charge on any atom is -0.276 e. The number of carbonyl (C=O) groups excluding carboxylic acids is 4. The lowest BCUT2D eigenvalue weighted by Crippen LogP contribution is -2.57. The Kier molecular flexibility index (Phi) is 4.48. The van der Waals surface area contributed by atoms with Crippen LogP contribution >= 0.6 is 0 Å². The Balaban J connectivity index is 1.40. The molecule has 2 saturated carbocycles. The highest BCUT2D eigenvalue weighted by Crippen LogP contribution is 2.55. The monoisotopic (exact) mass is 438 g/mol. The fourth-order valence-electron chi connectivity index (χ4n) is 8.04. The molecule has 4 fully saturated rings. The molecule has 0 N–H and O–H groups in total. The second-order valence-electron chi connectivity index (χ2n) is 12.0. The maximum atomic E-state index is 13.5. The average molecular weight is 439 g/mol. The first kappa shape index (κ1) is 21.6. The highest BCUT2D eigenvalue weighted by atomic mass is 16.2. The van der Waals surface area contributed by atoms with Crippen LogP contribution in [0, 0.1) is 47.3 Å². The van der Waals surface area contributed by atoms with Crippen molar-refractivity contribution in [2.75, 3.05) is 0 Å². The maximum Gasteiger partial charge on any atom is 0.234 e. The van der Waals surface area contributed by atoms with Crippen LogP contribution in [-0.2, 0) is 19.2 Å². The maximum absolute atomic E-state index is 13.5. The van der Waals surface area contributed by atoms with Crippen molar-refractivity contribution < 1.29 is 19.2 Å². The number of hydrogen-bond donors (Lipinski definition) is 0. The fraction of sp³-hybridized carbons (Fsp3) is 0.692. The van der Waals surface area contributed by atoms with Gasteiger partial charge in [0.1, 0.15) is 0 Å². The zero-order valence-corrected chi connectivity index (χ0v) is 19.7. The number of hydrogen-bond acceptors (Lipinski definition) is 4. The van der Waals surface area contributed by atoms with Gasteiger partial charge in [-0.05, 0) is 70.6 Å². The molecule has 5 rings (SSSR count). The Morgan fingerprint density at radius 1 is 0.812 bits per heavy atom. The molecule has 3 aliphatic carbocycles. The molecule has 0 aromatic heterocycles. The third-order valence-electron chi connectivity index (χ3n) is 8.97. The number of carbonyl (C=O) groups is 4. The standard InChI is InChI=1S/C26H34N2O4/c1-7-14-10-13(2)17-18(14)22(30)27(21(17)29)25(3,4)12-26(5,6)28-23(31)19-15-8-9-16(11-15)20(19)24(28)32/h7-9,13-20H,1,10-12H2,2-6H3. The zero-order chi connectivity index (χ0) is 23.3. The Hall–Kier alpha value is -2.24. The van der Waals surface area contributed by atoms with Crippen LogP contribution in [-0.4, -0.2) is 44.5 Å². The van der Waals surface area contributed by atoms with E-state index in [1.807, 2.05) is 40.7 Å². The molecule has 0 aromatic carbocycles. The average Bonchev–Trinajstić information content (AvgIpc) is 3.44. The van der Waals surface area contributed by atoms with Gasteiger partial charge in [0, 0.05) is 11.1 Å². The number of fused-ring (bicyclic) bond motifs is 6. The first-order valence-electron chi connectivity index (χ1n) is 12.0. The molecular weight excluding hydrogens is 404 g/mol. The van der Waals surface area contributed by atoms with Crippen LogP contribution in [0.4, 0.5) is 0 Å². The van der Waals surface area contributed by atoms with Gasteiger partial charge in [-0.2, -0.15) is 0 Å². The molecule has 4 amide bonds. The lowest BCUT2D eigenvalue weighted by atomic mass is 9.83. The van der Waals surface area contributed by atoms with Gasteiger partial charge in [-0.3, -0.25) is 29.0 Å². The van der Waals surface area contributed by atoms with Gasteiger partial charge in [0.05, 0.1) is 23.7 Å². The molecule has 2 saturated heterocycles. The van der Waals surface area contributed by atoms with Gasteiger partial charge in [-0.25, -0.2) is 0 Å². The number of allylic oxidation sites excluding steroid dienone is 3. The van der Waals surface area contributed by atoms with Crippen LogP contribution in [0.5, 0.6) is 0 Å². The Bertz CT molecular complexity index is 933. The summed E-state index contributed by atoms with van der Waals surface area (Å²) in [4.78, 5) is 56.5. The molecule has 6 heteroatoms. The summed E-state index contributed by atoms with van der Waals surface area (Å²) >= 11 is 0. The number of likely N-dealkylation sites (tertiary alicyclic amines) is 2. The summed E-state index contributed by atoms with van der Waals surface area (Å²) in [7, 11) is 0. The highest BCUT2D eigenvalue weighted by molar-refractivity contribution is 6.08. The van der Waals surface area contributed by atoms with E-state index in [-0.39, 0.29) is 71.0 Å². The molecule has 2 bridgehead atoms. The van der Waals surface area contributed by atoms with Gasteiger partial charge in [0.25, 0.3) is 0 Å². The van der Waals surface area contributed by atoms with Crippen molar-refractivity contribution in [2.24, 2.45) is 47.3 Å². The van der Waals surface area contributed by atoms with E-state index in [1.54, 1.807) is 0 Å². The van der Waals surface area contributed by atoms with E-state index >= 15 is 0 Å². The van der Waals surface area contributed by atoms with Crippen LogP contribution in [0.3, 0.4) is 0 Å². The summed E-state index contributed by atoms with van der Waals surface area (Å²) in [5.74, 6) is -1.08. The highest BCUT2D eigenvalue weighted by Gasteiger charge is 2.64. The summed E-state index contributed by atoms with van der Waals surface area (Å²) in [6.07, 6.45) is 8.06. The lowest BCUT2D eigenvalue weighted by Gasteiger charge is -2.44. The van der Waals surface area contributed by atoms with E-state index in [4.69, 9.17) is 0 Å². The van der Waals surface area contributed by atoms with Crippen LogP contribution < -0.4 is 0 Å². The van der Waals surface area contributed by atoms with Crippen LogP contribution in [0.2, 0.25) is 0 Å². The number of rotatable bonds is 5. The minimum absolute atomic E-state index is 0.0179. The summed E-state index contributed by atoms with van der Waals surface area (Å²) in [6.45, 7) is 13.5. The first-order valence-corrected chi connectivity index (χ1v) is 12.0. The molecule has 6 nitrogen and oxygen atoms in total. The summed E-state index contributed by atoms with van der Waals surface area (Å²) in [6, 6.07) is 0. The van der Waals surface area contributed by atoms with E-state index < -0.39 is 11.1 Å². The Morgan fingerprint density at radius 2 is 1.25 bits per heavy atom. The second kappa shape index (κ2) is 6.64. The molecule has 2 heterocycles. The molecule has 172 valence electrons. The largest absolute Gasteiger partial charge is 0.276 e. The van der Waals surface area contributed by atoms with Crippen LogP contribution in [0.15, 0.2) is 24.8 Å². The summed E-state index contributed by atoms with van der Waals surface area (Å²) in [5, 5.41) is 0. The number of imide groups is 2.